The molecule has 0 unspecified atom stereocenters. The van der Waals surface area contributed by atoms with Crippen molar-refractivity contribution in [2.24, 2.45) is 7.05 Å². The van der Waals surface area contributed by atoms with Crippen molar-refractivity contribution < 1.29 is 9.37 Å². The highest BCUT2D eigenvalue weighted by Gasteiger charge is 2.16. The maximum Gasteiger partial charge on any atom is 0.383 e. The largest absolute Gasteiger partial charge is 0.383 e. The van der Waals surface area contributed by atoms with E-state index in [9.17, 15) is 4.79 Å². The summed E-state index contributed by atoms with van der Waals surface area (Å²) >= 11 is 0. The van der Waals surface area contributed by atoms with Gasteiger partial charge in [-0.2, -0.15) is 9.67 Å². The van der Waals surface area contributed by atoms with Gasteiger partial charge in [-0.3, -0.25) is 4.68 Å². The van der Waals surface area contributed by atoms with Gasteiger partial charge in [0.1, 0.15) is 6.72 Å². The van der Waals surface area contributed by atoms with Crippen molar-refractivity contribution in [1.29, 1.82) is 0 Å². The van der Waals surface area contributed by atoms with E-state index in [0.717, 1.165) is 17.0 Å². The fourth-order valence-electron chi connectivity index (χ4n) is 1.35. The lowest BCUT2D eigenvalue weighted by Gasteiger charge is -1.98. The Morgan fingerprint density at radius 2 is 2.14 bits per heavy atom. The van der Waals surface area contributed by atoms with Crippen LogP contribution in [0.15, 0.2) is 0 Å². The van der Waals surface area contributed by atoms with Crippen LogP contribution in [-0.4, -0.2) is 27.0 Å². The summed E-state index contributed by atoms with van der Waals surface area (Å²) in [7, 11) is 1.90. The van der Waals surface area contributed by atoms with Gasteiger partial charge in [0, 0.05) is 12.7 Å². The molecule has 0 aliphatic carbocycles. The molecule has 0 atom stereocenters. The third-order valence-corrected chi connectivity index (χ3v) is 2.45. The summed E-state index contributed by atoms with van der Waals surface area (Å²) in [4.78, 5) is 11.0. The first kappa shape index (κ1) is 10.6. The topological polar surface area (TPSA) is 37.9 Å². The molecule has 1 aromatic rings. The van der Waals surface area contributed by atoms with Crippen molar-refractivity contribution in [3.05, 3.63) is 17.0 Å². The van der Waals surface area contributed by atoms with Crippen molar-refractivity contribution in [3.8, 4) is 0 Å². The zero-order valence-corrected chi connectivity index (χ0v) is 9.16. The molecule has 76 valence electrons. The quantitative estimate of drug-likeness (QED) is 0.516. The zero-order chi connectivity index (χ0) is 10.9. The lowest BCUT2D eigenvalue weighted by atomic mass is 10.2. The zero-order valence-electron chi connectivity index (χ0n) is 9.16. The van der Waals surface area contributed by atoms with Crippen LogP contribution in [0.25, 0.3) is 0 Å². The van der Waals surface area contributed by atoms with Gasteiger partial charge < -0.3 is 0 Å². The molecule has 0 aliphatic heterocycles. The second kappa shape index (κ2) is 3.74. The van der Waals surface area contributed by atoms with Gasteiger partial charge >= 0.3 is 5.91 Å². The van der Waals surface area contributed by atoms with Crippen molar-refractivity contribution in [3.63, 3.8) is 0 Å². The highest BCUT2D eigenvalue weighted by molar-refractivity contribution is 5.65. The summed E-state index contributed by atoms with van der Waals surface area (Å²) in [5, 5.41) is 4.27. The van der Waals surface area contributed by atoms with Gasteiger partial charge in [0.25, 0.3) is 0 Å². The number of aryl methyl sites for hydroxylation is 2. The van der Waals surface area contributed by atoms with Gasteiger partial charge in [-0.25, -0.2) is 4.79 Å². The third-order valence-electron chi connectivity index (χ3n) is 2.45. The predicted molar refractivity (Wildman–Crippen MR) is 54.4 cm³/mol. The first-order chi connectivity index (χ1) is 6.43. The molecule has 0 bridgehead atoms. The van der Waals surface area contributed by atoms with Crippen LogP contribution < -0.4 is 0 Å². The molecule has 0 saturated carbocycles. The molecule has 0 radical (unpaired) electrons. The van der Waals surface area contributed by atoms with Crippen LogP contribution in [0.2, 0.25) is 0 Å². The summed E-state index contributed by atoms with van der Waals surface area (Å²) in [6.45, 7) is 9.64. The minimum atomic E-state index is -0.0346. The molecule has 0 spiro atoms. The van der Waals surface area contributed by atoms with Gasteiger partial charge in [0.15, 0.2) is 6.54 Å². The van der Waals surface area contributed by atoms with Crippen LogP contribution in [0.3, 0.4) is 0 Å². The van der Waals surface area contributed by atoms with E-state index in [1.165, 1.54) is 11.5 Å². The molecule has 0 fully saturated rings. The molecule has 1 rings (SSSR count). The molecule has 14 heavy (non-hydrogen) atoms. The first-order valence-corrected chi connectivity index (χ1v) is 4.51. The average molecular weight is 194 g/mol. The number of rotatable bonds is 2. The molecule has 0 saturated heterocycles. The minimum absolute atomic E-state index is 0.0346. The Bertz CT molecular complexity index is 390. The Labute approximate surface area is 83.9 Å². The van der Waals surface area contributed by atoms with Gasteiger partial charge in [-0.15, -0.1) is 0 Å². The molecule has 1 amide bonds. The molecule has 0 N–H and O–H groups in total. The number of amides is 1. The van der Waals surface area contributed by atoms with Crippen LogP contribution >= 0.6 is 0 Å². The monoisotopic (exact) mass is 194 g/mol. The number of nitrogens with zero attached hydrogens (tertiary/aromatic N) is 3. The molecular weight excluding hydrogens is 178 g/mol. The number of carbonyl (C=O) groups is 1. The SMILES string of the molecule is C=[N+](Cc1c(C)nn(C)c1C)C(C)=O. The van der Waals surface area contributed by atoms with Crippen LogP contribution in [0.4, 0.5) is 0 Å². The highest BCUT2D eigenvalue weighted by atomic mass is 16.1. The van der Waals surface area contributed by atoms with E-state index >= 15 is 0 Å². The number of carbonyl (C=O) groups excluding carboxylic acids is 1. The van der Waals surface area contributed by atoms with Gasteiger partial charge in [-0.1, -0.05) is 0 Å². The smallest absolute Gasteiger partial charge is 0.272 e. The second-order valence-electron chi connectivity index (χ2n) is 3.49. The average Bonchev–Trinajstić information content (AvgIpc) is 2.32. The summed E-state index contributed by atoms with van der Waals surface area (Å²) < 4.78 is 3.26. The van der Waals surface area contributed by atoms with Crippen molar-refractivity contribution >= 4 is 12.6 Å². The fourth-order valence-corrected chi connectivity index (χ4v) is 1.35. The minimum Gasteiger partial charge on any atom is -0.272 e. The fraction of sp³-hybridized carbons (Fsp3) is 0.500. The van der Waals surface area contributed by atoms with E-state index in [4.69, 9.17) is 0 Å². The summed E-state index contributed by atoms with van der Waals surface area (Å²) in [6.07, 6.45) is 0. The van der Waals surface area contributed by atoms with E-state index in [1.807, 2.05) is 25.6 Å². The summed E-state index contributed by atoms with van der Waals surface area (Å²) in [5.41, 5.74) is 3.12. The summed E-state index contributed by atoms with van der Waals surface area (Å²) in [5.74, 6) is -0.0346. The lowest BCUT2D eigenvalue weighted by Crippen LogP contribution is -2.15. The second-order valence-corrected chi connectivity index (χ2v) is 3.49. The van der Waals surface area contributed by atoms with E-state index in [1.54, 1.807) is 0 Å². The molecule has 0 aromatic carbocycles. The summed E-state index contributed by atoms with van der Waals surface area (Å²) in [6, 6.07) is 0. The van der Waals surface area contributed by atoms with Crippen molar-refractivity contribution in [2.75, 3.05) is 0 Å². The van der Waals surface area contributed by atoms with Crippen molar-refractivity contribution in [1.82, 2.24) is 9.78 Å². The van der Waals surface area contributed by atoms with E-state index in [0.29, 0.717) is 6.54 Å². The molecule has 0 aliphatic rings. The van der Waals surface area contributed by atoms with Crippen LogP contribution in [-0.2, 0) is 18.4 Å². The molecule has 4 heteroatoms. The molecule has 4 nitrogen and oxygen atoms in total. The lowest BCUT2D eigenvalue weighted by molar-refractivity contribution is -0.454. The maximum atomic E-state index is 11.0. The number of hydrogen-bond acceptors (Lipinski definition) is 2. The Hall–Kier alpha value is -1.45. The van der Waals surface area contributed by atoms with Crippen LogP contribution in [0, 0.1) is 13.8 Å². The number of hydrogen-bond donors (Lipinski definition) is 0. The highest BCUT2D eigenvalue weighted by Crippen LogP contribution is 2.12. The maximum absolute atomic E-state index is 11.0. The normalized spacial score (nSPS) is 10.3. The van der Waals surface area contributed by atoms with Gasteiger partial charge in [0.05, 0.1) is 18.2 Å². The van der Waals surface area contributed by atoms with Crippen LogP contribution in [0.1, 0.15) is 23.9 Å². The number of aromatic nitrogens is 2. The van der Waals surface area contributed by atoms with Gasteiger partial charge in [-0.05, 0) is 13.8 Å². The Balaban J connectivity index is 2.97. The molecule has 1 heterocycles. The third kappa shape index (κ3) is 1.89. The predicted octanol–water partition coefficient (Wildman–Crippen LogP) is 0.797. The van der Waals surface area contributed by atoms with E-state index < -0.39 is 0 Å². The van der Waals surface area contributed by atoms with Crippen LogP contribution in [0.5, 0.6) is 0 Å². The van der Waals surface area contributed by atoms with E-state index in [-0.39, 0.29) is 5.91 Å². The Kier molecular flexibility index (Phi) is 2.84. The molecule has 1 aromatic heterocycles. The molecular formula is C10H16N3O+. The van der Waals surface area contributed by atoms with E-state index in [2.05, 4.69) is 11.8 Å². The Morgan fingerprint density at radius 3 is 2.50 bits per heavy atom. The Morgan fingerprint density at radius 1 is 1.57 bits per heavy atom. The standard InChI is InChI=1S/C10H16N3O/c1-7-10(6-12(4)9(3)14)8(2)13(5)11-7/h4,6H2,1-3,5H3/q+1. The first-order valence-electron chi connectivity index (χ1n) is 4.51. The van der Waals surface area contributed by atoms with Gasteiger partial charge in [0.2, 0.25) is 0 Å². The van der Waals surface area contributed by atoms with Crippen molar-refractivity contribution in [2.45, 2.75) is 27.3 Å².